The second-order valence-electron chi connectivity index (χ2n) is 7.25. The molecule has 114 valence electrons. The Morgan fingerprint density at radius 3 is 1.65 bits per heavy atom. The molecule has 0 saturated carbocycles. The number of hydrogen-bond donors (Lipinski definition) is 0. The van der Waals surface area contributed by atoms with Crippen LogP contribution in [-0.2, 0) is 10.8 Å². The summed E-state index contributed by atoms with van der Waals surface area (Å²) in [6, 6.07) is 8.09. The molecule has 0 atom stereocenters. The number of nitrogens with zero attached hydrogens (tertiary/aromatic N) is 4. The van der Waals surface area contributed by atoms with E-state index in [0.29, 0.717) is 0 Å². The standard InChI is InChI=1S/C19H18N4/c1-18(2)13-11-7-5-9-21-15(11)16-12(8-6-10-22-16)14(13)19(3,4)17(18)23-20/h5-10H,1-4H3. The minimum atomic E-state index is -0.362. The van der Waals surface area contributed by atoms with Crippen molar-refractivity contribution < 1.29 is 4.79 Å². The van der Waals surface area contributed by atoms with Crippen LogP contribution in [0, 0.1) is 0 Å². The summed E-state index contributed by atoms with van der Waals surface area (Å²) in [5.41, 5.74) is 14.0. The van der Waals surface area contributed by atoms with Crippen molar-refractivity contribution in [2.75, 3.05) is 0 Å². The molecule has 0 amide bonds. The van der Waals surface area contributed by atoms with E-state index in [9.17, 15) is 5.53 Å². The third-order valence-electron chi connectivity index (χ3n) is 5.16. The van der Waals surface area contributed by atoms with E-state index < -0.39 is 0 Å². The van der Waals surface area contributed by atoms with Gasteiger partial charge >= 0.3 is 0 Å². The van der Waals surface area contributed by atoms with Gasteiger partial charge in [-0.1, -0.05) is 12.1 Å². The summed E-state index contributed by atoms with van der Waals surface area (Å²) >= 11 is 0. The van der Waals surface area contributed by atoms with Crippen LogP contribution in [0.3, 0.4) is 0 Å². The van der Waals surface area contributed by atoms with Gasteiger partial charge in [0.25, 0.3) is 5.71 Å². The molecule has 0 N–H and O–H groups in total. The first-order valence-corrected chi connectivity index (χ1v) is 7.80. The summed E-state index contributed by atoms with van der Waals surface area (Å²) in [7, 11) is 0. The fraction of sp³-hybridized carbons (Fsp3) is 0.316. The van der Waals surface area contributed by atoms with Gasteiger partial charge in [0.1, 0.15) is 0 Å². The Balaban J connectivity index is 2.38. The van der Waals surface area contributed by atoms with Crippen molar-refractivity contribution in [3.8, 4) is 0 Å². The molecular formula is C19H18N4. The maximum absolute atomic E-state index is 9.71. The van der Waals surface area contributed by atoms with Gasteiger partial charge in [0.05, 0.1) is 21.9 Å². The van der Waals surface area contributed by atoms with Crippen molar-refractivity contribution in [1.82, 2.24) is 9.97 Å². The van der Waals surface area contributed by atoms with Crippen LogP contribution in [0.4, 0.5) is 0 Å². The highest BCUT2D eigenvalue weighted by molar-refractivity contribution is 6.16. The summed E-state index contributed by atoms with van der Waals surface area (Å²) in [5.74, 6) is 0. The van der Waals surface area contributed by atoms with Gasteiger partial charge in [-0.15, -0.1) is 0 Å². The first kappa shape index (κ1) is 14.0. The quantitative estimate of drug-likeness (QED) is 0.357. The van der Waals surface area contributed by atoms with E-state index >= 15 is 0 Å². The second-order valence-corrected chi connectivity index (χ2v) is 7.25. The van der Waals surface area contributed by atoms with Gasteiger partial charge in [0.15, 0.2) is 0 Å². The number of aromatic nitrogens is 2. The SMILES string of the molecule is CC1(C)C(=[N+]=[N-])C(C)(C)c2c1c1cccnc1c1ncccc21. The zero-order valence-electron chi connectivity index (χ0n) is 13.8. The lowest BCUT2D eigenvalue weighted by Crippen LogP contribution is -2.35. The molecule has 1 aliphatic rings. The fourth-order valence-corrected chi connectivity index (χ4v) is 4.43. The molecule has 23 heavy (non-hydrogen) atoms. The van der Waals surface area contributed by atoms with Gasteiger partial charge in [0, 0.05) is 23.2 Å². The maximum Gasteiger partial charge on any atom is 0.288 e. The summed E-state index contributed by atoms with van der Waals surface area (Å²) in [5, 5.41) is 2.18. The van der Waals surface area contributed by atoms with Crippen molar-refractivity contribution in [2.24, 2.45) is 0 Å². The molecule has 0 bridgehead atoms. The summed E-state index contributed by atoms with van der Waals surface area (Å²) < 4.78 is 0. The van der Waals surface area contributed by atoms with Gasteiger partial charge in [-0.2, -0.15) is 4.79 Å². The first-order valence-electron chi connectivity index (χ1n) is 7.80. The molecule has 1 aliphatic carbocycles. The van der Waals surface area contributed by atoms with Crippen LogP contribution in [0.2, 0.25) is 0 Å². The molecule has 0 saturated heterocycles. The lowest BCUT2D eigenvalue weighted by Gasteiger charge is -2.18. The van der Waals surface area contributed by atoms with Crippen molar-refractivity contribution in [3.05, 3.63) is 53.3 Å². The summed E-state index contributed by atoms with van der Waals surface area (Å²) in [6.07, 6.45) is 3.61. The predicted octanol–water partition coefficient (Wildman–Crippen LogP) is 4.02. The number of hydrogen-bond acceptors (Lipinski definition) is 2. The van der Waals surface area contributed by atoms with Crippen LogP contribution in [-0.4, -0.2) is 20.5 Å². The molecule has 0 fully saturated rings. The molecule has 2 heterocycles. The van der Waals surface area contributed by atoms with E-state index in [1.807, 2.05) is 12.1 Å². The number of fused-ring (bicyclic) bond motifs is 6. The second kappa shape index (κ2) is 4.24. The van der Waals surface area contributed by atoms with E-state index in [1.165, 1.54) is 11.1 Å². The molecule has 3 aromatic rings. The average Bonchev–Trinajstić information content (AvgIpc) is 2.69. The van der Waals surface area contributed by atoms with Crippen LogP contribution >= 0.6 is 0 Å². The van der Waals surface area contributed by atoms with E-state index in [0.717, 1.165) is 27.5 Å². The molecule has 0 radical (unpaired) electrons. The van der Waals surface area contributed by atoms with Gasteiger partial charge in [0.2, 0.25) is 0 Å². The molecular weight excluding hydrogens is 284 g/mol. The molecule has 1 aromatic carbocycles. The predicted molar refractivity (Wildman–Crippen MR) is 91.7 cm³/mol. The summed E-state index contributed by atoms with van der Waals surface area (Å²) in [4.78, 5) is 12.9. The van der Waals surface area contributed by atoms with Crippen molar-refractivity contribution in [3.63, 3.8) is 0 Å². The van der Waals surface area contributed by atoms with Gasteiger partial charge in [-0.25, -0.2) is 0 Å². The van der Waals surface area contributed by atoms with E-state index in [1.54, 1.807) is 12.4 Å². The Labute approximate surface area is 134 Å². The Hall–Kier alpha value is -2.58. The van der Waals surface area contributed by atoms with Crippen LogP contribution < -0.4 is 0 Å². The zero-order valence-corrected chi connectivity index (χ0v) is 13.8. The van der Waals surface area contributed by atoms with Crippen LogP contribution in [0.25, 0.3) is 27.3 Å². The van der Waals surface area contributed by atoms with Crippen LogP contribution in [0.1, 0.15) is 38.8 Å². The van der Waals surface area contributed by atoms with Crippen LogP contribution in [0.5, 0.6) is 0 Å². The van der Waals surface area contributed by atoms with Crippen molar-refractivity contribution in [2.45, 2.75) is 38.5 Å². The molecule has 4 nitrogen and oxygen atoms in total. The average molecular weight is 302 g/mol. The van der Waals surface area contributed by atoms with Gasteiger partial charge < -0.3 is 5.53 Å². The highest BCUT2D eigenvalue weighted by Gasteiger charge is 2.56. The molecule has 4 heteroatoms. The number of rotatable bonds is 0. The third-order valence-corrected chi connectivity index (χ3v) is 5.16. The van der Waals surface area contributed by atoms with E-state index in [4.69, 9.17) is 0 Å². The normalized spacial score (nSPS) is 18.2. The van der Waals surface area contributed by atoms with E-state index in [-0.39, 0.29) is 10.8 Å². The number of pyridine rings is 2. The lowest BCUT2D eigenvalue weighted by atomic mass is 9.79. The monoisotopic (exact) mass is 302 g/mol. The largest absolute Gasteiger partial charge is 0.362 e. The molecule has 4 rings (SSSR count). The molecule has 0 aliphatic heterocycles. The van der Waals surface area contributed by atoms with Gasteiger partial charge in [-0.05, 0) is 51.0 Å². The molecule has 0 unspecified atom stereocenters. The minimum absolute atomic E-state index is 0.362. The molecule has 0 spiro atoms. The highest BCUT2D eigenvalue weighted by atomic mass is 14.9. The highest BCUT2D eigenvalue weighted by Crippen LogP contribution is 2.51. The summed E-state index contributed by atoms with van der Waals surface area (Å²) in [6.45, 7) is 8.46. The van der Waals surface area contributed by atoms with Crippen LogP contribution in [0.15, 0.2) is 36.7 Å². The van der Waals surface area contributed by atoms with Crippen molar-refractivity contribution >= 4 is 27.5 Å². The van der Waals surface area contributed by atoms with Crippen molar-refractivity contribution in [1.29, 1.82) is 0 Å². The topological polar surface area (TPSA) is 62.2 Å². The fourth-order valence-electron chi connectivity index (χ4n) is 4.43. The number of benzene rings is 1. The Morgan fingerprint density at radius 1 is 0.826 bits per heavy atom. The Morgan fingerprint density at radius 2 is 1.26 bits per heavy atom. The maximum atomic E-state index is 9.71. The molecule has 2 aromatic heterocycles. The minimum Gasteiger partial charge on any atom is -0.362 e. The Bertz CT molecular complexity index is 947. The zero-order chi connectivity index (χ0) is 16.4. The smallest absolute Gasteiger partial charge is 0.288 e. The van der Waals surface area contributed by atoms with E-state index in [2.05, 4.69) is 54.6 Å². The lowest BCUT2D eigenvalue weighted by molar-refractivity contribution is -0.0207. The Kier molecular flexibility index (Phi) is 2.59. The first-order chi connectivity index (χ1) is 10.9. The van der Waals surface area contributed by atoms with Gasteiger partial charge in [-0.3, -0.25) is 9.97 Å². The third kappa shape index (κ3) is 1.56.